The number of methoxy groups -OCH3 is 1. The Balaban J connectivity index is 1.87. The number of nitrogens with one attached hydrogen (secondary N) is 1. The first-order valence-corrected chi connectivity index (χ1v) is 7.69. The molecule has 0 aromatic heterocycles. The first kappa shape index (κ1) is 15.8. The number of aliphatic hydroxyl groups excluding tert-OH is 1. The maximum Gasteiger partial charge on any atom is 0.227 e. The number of hydrogen-bond acceptors (Lipinski definition) is 3. The predicted octanol–water partition coefficient (Wildman–Crippen LogP) is 2.47. The normalized spacial score (nSPS) is 23.4. The van der Waals surface area contributed by atoms with Crippen LogP contribution in [0.25, 0.3) is 0 Å². The zero-order valence-electron chi connectivity index (χ0n) is 12.8. The molecule has 1 aromatic rings. The minimum Gasteiger partial charge on any atom is -0.497 e. The summed E-state index contributed by atoms with van der Waals surface area (Å²) >= 11 is 0. The van der Waals surface area contributed by atoms with Gasteiger partial charge < -0.3 is 15.2 Å². The monoisotopic (exact) mass is 291 g/mol. The molecular formula is C17H25NO3. The van der Waals surface area contributed by atoms with Gasteiger partial charge in [0.05, 0.1) is 13.0 Å². The average molecular weight is 291 g/mol. The fourth-order valence-electron chi connectivity index (χ4n) is 2.86. The van der Waals surface area contributed by atoms with Gasteiger partial charge in [0.25, 0.3) is 0 Å². The van der Waals surface area contributed by atoms with Gasteiger partial charge in [-0.05, 0) is 56.2 Å². The molecule has 2 N–H and O–H groups in total. The lowest BCUT2D eigenvalue weighted by Crippen LogP contribution is -2.40. The number of rotatable bonds is 5. The van der Waals surface area contributed by atoms with Gasteiger partial charge in [-0.25, -0.2) is 0 Å². The van der Waals surface area contributed by atoms with E-state index in [4.69, 9.17) is 9.84 Å². The Labute approximate surface area is 126 Å². The van der Waals surface area contributed by atoms with E-state index in [2.05, 4.69) is 5.32 Å². The van der Waals surface area contributed by atoms with Crippen LogP contribution in [0.3, 0.4) is 0 Å². The Morgan fingerprint density at radius 3 is 2.43 bits per heavy atom. The van der Waals surface area contributed by atoms with Gasteiger partial charge in [-0.15, -0.1) is 0 Å². The number of hydrogen-bond donors (Lipinski definition) is 2. The summed E-state index contributed by atoms with van der Waals surface area (Å²) in [5.41, 5.74) is 0.998. The van der Waals surface area contributed by atoms with Crippen LogP contribution in [-0.4, -0.2) is 30.8 Å². The maximum absolute atomic E-state index is 12.3. The van der Waals surface area contributed by atoms with E-state index in [1.54, 1.807) is 7.11 Å². The molecule has 1 unspecified atom stereocenters. The SMILES string of the molecule is COc1ccc(C(C)C(=O)NC2CCC(CO)CC2)cc1. The van der Waals surface area contributed by atoms with E-state index >= 15 is 0 Å². The molecule has 2 rings (SSSR count). The van der Waals surface area contributed by atoms with Crippen LogP contribution >= 0.6 is 0 Å². The third kappa shape index (κ3) is 4.21. The van der Waals surface area contributed by atoms with E-state index in [9.17, 15) is 4.79 Å². The molecule has 1 fully saturated rings. The summed E-state index contributed by atoms with van der Waals surface area (Å²) in [6.07, 6.45) is 3.93. The number of ether oxygens (including phenoxy) is 1. The van der Waals surface area contributed by atoms with Crippen LogP contribution in [0.4, 0.5) is 0 Å². The van der Waals surface area contributed by atoms with Crippen LogP contribution in [0.1, 0.15) is 44.1 Å². The Morgan fingerprint density at radius 2 is 1.90 bits per heavy atom. The van der Waals surface area contributed by atoms with Gasteiger partial charge in [0.15, 0.2) is 0 Å². The second-order valence-corrected chi connectivity index (χ2v) is 5.90. The van der Waals surface area contributed by atoms with Crippen LogP contribution in [0, 0.1) is 5.92 Å². The molecule has 0 radical (unpaired) electrons. The number of benzene rings is 1. The Morgan fingerprint density at radius 1 is 1.29 bits per heavy atom. The highest BCUT2D eigenvalue weighted by molar-refractivity contribution is 5.83. The highest BCUT2D eigenvalue weighted by atomic mass is 16.5. The van der Waals surface area contributed by atoms with E-state index < -0.39 is 0 Å². The fourth-order valence-corrected chi connectivity index (χ4v) is 2.86. The molecule has 1 aliphatic carbocycles. The van der Waals surface area contributed by atoms with Crippen LogP contribution in [0.5, 0.6) is 5.75 Å². The van der Waals surface area contributed by atoms with Gasteiger partial charge in [0, 0.05) is 12.6 Å². The summed E-state index contributed by atoms with van der Waals surface area (Å²) in [4.78, 5) is 12.3. The third-order valence-corrected chi connectivity index (χ3v) is 4.46. The molecule has 1 aromatic carbocycles. The Kier molecular flexibility index (Phi) is 5.62. The summed E-state index contributed by atoms with van der Waals surface area (Å²) in [6, 6.07) is 7.88. The lowest BCUT2D eigenvalue weighted by atomic mass is 9.86. The van der Waals surface area contributed by atoms with Crippen LogP contribution in [0.15, 0.2) is 24.3 Å². The van der Waals surface area contributed by atoms with Crippen molar-refractivity contribution in [2.75, 3.05) is 13.7 Å². The van der Waals surface area contributed by atoms with Crippen molar-refractivity contribution >= 4 is 5.91 Å². The summed E-state index contributed by atoms with van der Waals surface area (Å²) in [7, 11) is 1.63. The molecule has 1 saturated carbocycles. The number of amides is 1. The van der Waals surface area contributed by atoms with E-state index in [1.807, 2.05) is 31.2 Å². The van der Waals surface area contributed by atoms with Crippen LogP contribution in [0.2, 0.25) is 0 Å². The van der Waals surface area contributed by atoms with Crippen LogP contribution in [-0.2, 0) is 4.79 Å². The van der Waals surface area contributed by atoms with Crippen molar-refractivity contribution in [3.63, 3.8) is 0 Å². The highest BCUT2D eigenvalue weighted by Gasteiger charge is 2.24. The van der Waals surface area contributed by atoms with Crippen LogP contribution < -0.4 is 10.1 Å². The van der Waals surface area contributed by atoms with E-state index in [-0.39, 0.29) is 24.5 Å². The molecule has 1 amide bonds. The molecule has 21 heavy (non-hydrogen) atoms. The summed E-state index contributed by atoms with van der Waals surface area (Å²) in [5.74, 6) is 1.13. The highest BCUT2D eigenvalue weighted by Crippen LogP contribution is 2.25. The Hall–Kier alpha value is -1.55. The lowest BCUT2D eigenvalue weighted by Gasteiger charge is -2.29. The first-order valence-electron chi connectivity index (χ1n) is 7.69. The van der Waals surface area contributed by atoms with Crippen molar-refractivity contribution in [3.05, 3.63) is 29.8 Å². The average Bonchev–Trinajstić information content (AvgIpc) is 2.55. The fraction of sp³-hybridized carbons (Fsp3) is 0.588. The van der Waals surface area contributed by atoms with E-state index in [1.165, 1.54) is 0 Å². The molecule has 0 spiro atoms. The molecule has 4 heteroatoms. The number of carbonyl (C=O) groups excluding carboxylic acids is 1. The van der Waals surface area contributed by atoms with Gasteiger partial charge in [0.2, 0.25) is 5.91 Å². The minimum atomic E-state index is -0.161. The maximum atomic E-state index is 12.3. The molecule has 0 saturated heterocycles. The number of carbonyl (C=O) groups is 1. The van der Waals surface area contributed by atoms with Crippen molar-refractivity contribution in [1.82, 2.24) is 5.32 Å². The second-order valence-electron chi connectivity index (χ2n) is 5.90. The summed E-state index contributed by atoms with van der Waals surface area (Å²) in [6.45, 7) is 2.19. The summed E-state index contributed by atoms with van der Waals surface area (Å²) in [5, 5.41) is 12.3. The van der Waals surface area contributed by atoms with Gasteiger partial charge in [0.1, 0.15) is 5.75 Å². The zero-order chi connectivity index (χ0) is 15.2. The molecule has 4 nitrogen and oxygen atoms in total. The van der Waals surface area contributed by atoms with Crippen molar-refractivity contribution in [2.24, 2.45) is 5.92 Å². The molecule has 0 heterocycles. The Bertz CT molecular complexity index is 450. The van der Waals surface area contributed by atoms with Gasteiger partial charge >= 0.3 is 0 Å². The third-order valence-electron chi connectivity index (χ3n) is 4.46. The molecule has 0 bridgehead atoms. The largest absolute Gasteiger partial charge is 0.497 e. The van der Waals surface area contributed by atoms with Crippen molar-refractivity contribution in [3.8, 4) is 5.75 Å². The van der Waals surface area contributed by atoms with Gasteiger partial charge in [-0.3, -0.25) is 4.79 Å². The summed E-state index contributed by atoms with van der Waals surface area (Å²) < 4.78 is 5.13. The smallest absolute Gasteiger partial charge is 0.227 e. The van der Waals surface area contributed by atoms with Crippen molar-refractivity contribution in [2.45, 2.75) is 44.6 Å². The second kappa shape index (κ2) is 7.46. The van der Waals surface area contributed by atoms with E-state index in [0.717, 1.165) is 37.0 Å². The number of aliphatic hydroxyl groups is 1. The molecule has 1 aliphatic rings. The molecule has 116 valence electrons. The quantitative estimate of drug-likeness (QED) is 0.876. The molecular weight excluding hydrogens is 266 g/mol. The standard InChI is InChI=1S/C17H25NO3/c1-12(14-5-9-16(21-2)10-6-14)17(20)18-15-7-3-13(11-19)4-8-15/h5-6,9-10,12-13,15,19H,3-4,7-8,11H2,1-2H3,(H,18,20). The predicted molar refractivity (Wildman–Crippen MR) is 82.4 cm³/mol. The van der Waals surface area contributed by atoms with Crippen molar-refractivity contribution in [1.29, 1.82) is 0 Å². The first-order chi connectivity index (χ1) is 10.1. The topological polar surface area (TPSA) is 58.6 Å². The molecule has 1 atom stereocenters. The lowest BCUT2D eigenvalue weighted by molar-refractivity contribution is -0.123. The molecule has 0 aliphatic heterocycles. The van der Waals surface area contributed by atoms with Crippen molar-refractivity contribution < 1.29 is 14.6 Å². The zero-order valence-corrected chi connectivity index (χ0v) is 12.8. The van der Waals surface area contributed by atoms with Gasteiger partial charge in [-0.1, -0.05) is 12.1 Å². The minimum absolute atomic E-state index is 0.0765. The van der Waals surface area contributed by atoms with Gasteiger partial charge in [-0.2, -0.15) is 0 Å². The van der Waals surface area contributed by atoms with E-state index in [0.29, 0.717) is 5.92 Å².